The molecule has 0 aliphatic rings. The average Bonchev–Trinajstić information content (AvgIpc) is 3.06. The molecule has 0 N–H and O–H groups in total. The molecule has 0 saturated carbocycles. The first-order chi connectivity index (χ1) is 10.4. The lowest BCUT2D eigenvalue weighted by Gasteiger charge is -1.99. The van der Waals surface area contributed by atoms with Crippen LogP contribution in [0.2, 0.25) is 0 Å². The largest absolute Gasteiger partial charge is 0.488 e. The normalized spacial score (nSPS) is 11.5. The number of hydrogen-bond donors (Lipinski definition) is 0. The van der Waals surface area contributed by atoms with E-state index in [2.05, 4.69) is 19.4 Å². The molecule has 0 spiro atoms. The SMILES string of the molecule is Cn1cc(-c2nc(-c3ccc(OS(=O)(=O)F)cc3)no2)cn1. The fourth-order valence-corrected chi connectivity index (χ4v) is 2.11. The molecule has 0 radical (unpaired) electrons. The van der Waals surface area contributed by atoms with E-state index in [1.807, 2.05) is 0 Å². The molecular weight excluding hydrogens is 315 g/mol. The summed E-state index contributed by atoms with van der Waals surface area (Å²) in [6.45, 7) is 0. The number of halogens is 1. The Morgan fingerprint density at radius 3 is 2.55 bits per heavy atom. The minimum atomic E-state index is -5.04. The zero-order chi connectivity index (χ0) is 15.7. The summed E-state index contributed by atoms with van der Waals surface area (Å²) >= 11 is 0. The lowest BCUT2D eigenvalue weighted by Crippen LogP contribution is -2.00. The second kappa shape index (κ2) is 5.22. The second-order valence-corrected chi connectivity index (χ2v) is 5.28. The van der Waals surface area contributed by atoms with E-state index in [0.29, 0.717) is 22.8 Å². The molecule has 22 heavy (non-hydrogen) atoms. The Labute approximate surface area is 124 Å². The number of aryl methyl sites for hydroxylation is 1. The van der Waals surface area contributed by atoms with Crippen LogP contribution >= 0.6 is 0 Å². The molecule has 3 aromatic rings. The van der Waals surface area contributed by atoms with E-state index >= 15 is 0 Å². The molecule has 8 nitrogen and oxygen atoms in total. The molecule has 3 rings (SSSR count). The summed E-state index contributed by atoms with van der Waals surface area (Å²) in [5.41, 5.74) is 1.23. The van der Waals surface area contributed by atoms with Gasteiger partial charge in [-0.15, -0.1) is 0 Å². The van der Waals surface area contributed by atoms with Gasteiger partial charge < -0.3 is 8.71 Å². The van der Waals surface area contributed by atoms with Gasteiger partial charge in [-0.3, -0.25) is 4.68 Å². The van der Waals surface area contributed by atoms with Crippen molar-refractivity contribution < 1.29 is 21.0 Å². The molecule has 114 valence electrons. The summed E-state index contributed by atoms with van der Waals surface area (Å²) in [5, 5.41) is 7.82. The number of rotatable bonds is 4. The van der Waals surface area contributed by atoms with Crippen LogP contribution in [-0.4, -0.2) is 28.3 Å². The standard InChI is InChI=1S/C12H9FN4O4S/c1-17-7-9(6-14-17)12-15-11(16-20-12)8-2-4-10(5-3-8)21-22(13,18)19/h2-7H,1H3. The smallest absolute Gasteiger partial charge is 0.358 e. The van der Waals surface area contributed by atoms with Gasteiger partial charge in [-0.1, -0.05) is 9.04 Å². The Morgan fingerprint density at radius 1 is 1.23 bits per heavy atom. The van der Waals surface area contributed by atoms with Crippen LogP contribution in [0.4, 0.5) is 3.89 Å². The zero-order valence-corrected chi connectivity index (χ0v) is 12.0. The van der Waals surface area contributed by atoms with Crippen LogP contribution in [0.25, 0.3) is 22.8 Å². The maximum Gasteiger partial charge on any atom is 0.488 e. The molecule has 10 heteroatoms. The molecule has 1 aromatic carbocycles. The minimum Gasteiger partial charge on any atom is -0.358 e. The third-order valence-electron chi connectivity index (χ3n) is 2.69. The maximum atomic E-state index is 12.4. The molecule has 0 amide bonds. The summed E-state index contributed by atoms with van der Waals surface area (Å²) in [4.78, 5) is 4.20. The molecule has 0 aliphatic heterocycles. The Morgan fingerprint density at radius 2 is 1.95 bits per heavy atom. The van der Waals surface area contributed by atoms with Crippen molar-refractivity contribution in [3.63, 3.8) is 0 Å². The zero-order valence-electron chi connectivity index (χ0n) is 11.2. The number of nitrogens with zero attached hydrogens (tertiary/aromatic N) is 4. The highest BCUT2D eigenvalue weighted by atomic mass is 32.3. The predicted molar refractivity (Wildman–Crippen MR) is 72.6 cm³/mol. The van der Waals surface area contributed by atoms with Crippen LogP contribution in [0, 0.1) is 0 Å². The first kappa shape index (κ1) is 14.2. The third-order valence-corrected chi connectivity index (χ3v) is 3.08. The molecule has 0 atom stereocenters. The molecule has 0 fully saturated rings. The quantitative estimate of drug-likeness (QED) is 0.674. The third kappa shape index (κ3) is 3.11. The van der Waals surface area contributed by atoms with Crippen molar-refractivity contribution in [2.45, 2.75) is 0 Å². The topological polar surface area (TPSA) is 100 Å². The van der Waals surface area contributed by atoms with Gasteiger partial charge in [0.25, 0.3) is 5.89 Å². The molecule has 0 saturated heterocycles. The Balaban J connectivity index is 1.84. The van der Waals surface area contributed by atoms with Gasteiger partial charge in [-0.05, 0) is 24.3 Å². The van der Waals surface area contributed by atoms with Crippen molar-refractivity contribution >= 4 is 10.5 Å². The highest BCUT2D eigenvalue weighted by molar-refractivity contribution is 7.81. The highest BCUT2D eigenvalue weighted by Crippen LogP contribution is 2.24. The second-order valence-electron chi connectivity index (χ2n) is 4.33. The van der Waals surface area contributed by atoms with Gasteiger partial charge in [-0.25, -0.2) is 0 Å². The van der Waals surface area contributed by atoms with Crippen molar-refractivity contribution in [1.82, 2.24) is 19.9 Å². The number of benzene rings is 1. The van der Waals surface area contributed by atoms with E-state index in [1.54, 1.807) is 24.1 Å². The van der Waals surface area contributed by atoms with Crippen molar-refractivity contribution in [2.24, 2.45) is 7.05 Å². The van der Waals surface area contributed by atoms with Gasteiger partial charge in [0.1, 0.15) is 5.75 Å². The van der Waals surface area contributed by atoms with Gasteiger partial charge in [-0.2, -0.15) is 18.5 Å². The van der Waals surface area contributed by atoms with Gasteiger partial charge in [0.2, 0.25) is 5.82 Å². The summed E-state index contributed by atoms with van der Waals surface area (Å²) < 4.78 is 44.0. The van der Waals surface area contributed by atoms with Crippen LogP contribution in [0.3, 0.4) is 0 Å². The van der Waals surface area contributed by atoms with E-state index < -0.39 is 10.5 Å². The van der Waals surface area contributed by atoms with Crippen LogP contribution in [0.5, 0.6) is 5.75 Å². The van der Waals surface area contributed by atoms with E-state index in [-0.39, 0.29) is 5.75 Å². The summed E-state index contributed by atoms with van der Waals surface area (Å²) in [5.74, 6) is 0.450. The van der Waals surface area contributed by atoms with Crippen molar-refractivity contribution in [1.29, 1.82) is 0 Å². The number of hydrogen-bond acceptors (Lipinski definition) is 7. The predicted octanol–water partition coefficient (Wildman–Crippen LogP) is 1.73. The Bertz CT molecular complexity index is 901. The molecule has 0 unspecified atom stereocenters. The summed E-state index contributed by atoms with van der Waals surface area (Å²) in [6, 6.07) is 5.54. The Hall–Kier alpha value is -2.75. The first-order valence-electron chi connectivity index (χ1n) is 5.98. The van der Waals surface area contributed by atoms with Crippen LogP contribution in [0.1, 0.15) is 0 Å². The van der Waals surface area contributed by atoms with Crippen LogP contribution < -0.4 is 4.18 Å². The number of aromatic nitrogens is 4. The maximum absolute atomic E-state index is 12.4. The molecule has 0 aliphatic carbocycles. The first-order valence-corrected chi connectivity index (χ1v) is 7.29. The lowest BCUT2D eigenvalue weighted by molar-refractivity contribution is 0.432. The molecule has 0 bridgehead atoms. The summed E-state index contributed by atoms with van der Waals surface area (Å²) in [6.07, 6.45) is 3.31. The van der Waals surface area contributed by atoms with Crippen LogP contribution in [0.15, 0.2) is 41.2 Å². The van der Waals surface area contributed by atoms with E-state index in [1.165, 1.54) is 24.3 Å². The average molecular weight is 324 g/mol. The Kier molecular flexibility index (Phi) is 3.37. The van der Waals surface area contributed by atoms with E-state index in [0.717, 1.165) is 0 Å². The van der Waals surface area contributed by atoms with Crippen molar-refractivity contribution in [3.05, 3.63) is 36.7 Å². The van der Waals surface area contributed by atoms with Crippen molar-refractivity contribution in [3.8, 4) is 28.6 Å². The molecule has 2 aromatic heterocycles. The van der Waals surface area contributed by atoms with E-state index in [9.17, 15) is 12.3 Å². The van der Waals surface area contributed by atoms with Gasteiger partial charge in [0, 0.05) is 18.8 Å². The highest BCUT2D eigenvalue weighted by Gasteiger charge is 2.13. The van der Waals surface area contributed by atoms with Gasteiger partial charge >= 0.3 is 10.5 Å². The molecule has 2 heterocycles. The van der Waals surface area contributed by atoms with Gasteiger partial charge in [0.05, 0.1) is 11.8 Å². The van der Waals surface area contributed by atoms with Crippen LogP contribution in [-0.2, 0) is 17.6 Å². The van der Waals surface area contributed by atoms with E-state index in [4.69, 9.17) is 4.52 Å². The fourth-order valence-electron chi connectivity index (χ4n) is 1.76. The lowest BCUT2D eigenvalue weighted by atomic mass is 10.2. The monoisotopic (exact) mass is 324 g/mol. The molecular formula is C12H9FN4O4S. The fraction of sp³-hybridized carbons (Fsp3) is 0.0833. The minimum absolute atomic E-state index is 0.151. The van der Waals surface area contributed by atoms with Crippen molar-refractivity contribution in [2.75, 3.05) is 0 Å². The van der Waals surface area contributed by atoms with Gasteiger partial charge in [0.15, 0.2) is 0 Å². The summed E-state index contributed by atoms with van der Waals surface area (Å²) in [7, 11) is -3.28.